The smallest absolute Gasteiger partial charge is 0.305 e. The van der Waals surface area contributed by atoms with Crippen molar-refractivity contribution < 1.29 is 42.9 Å². The Bertz CT molecular complexity index is 1930. The number of carbonyl (C=O) groups excluding carboxylic acids is 5. The zero-order valence-electron chi connectivity index (χ0n) is 33.7. The van der Waals surface area contributed by atoms with E-state index in [0.29, 0.717) is 44.0 Å². The lowest BCUT2D eigenvalue weighted by molar-refractivity contribution is -0.253. The Morgan fingerprint density at radius 1 is 0.678 bits per heavy atom. The zero-order valence-corrected chi connectivity index (χ0v) is 33.7. The van der Waals surface area contributed by atoms with E-state index in [1.807, 2.05) is 59.5 Å². The number of amides is 2. The number of nitrogens with zero attached hydrogens (tertiary/aromatic N) is 5. The van der Waals surface area contributed by atoms with Gasteiger partial charge < -0.3 is 29.6 Å². The van der Waals surface area contributed by atoms with Gasteiger partial charge in [0.25, 0.3) is 0 Å². The largest absolute Gasteiger partial charge is 0.463 e. The van der Waals surface area contributed by atoms with Gasteiger partial charge in [0, 0.05) is 83.7 Å². The average molecular weight is 810 g/mol. The van der Waals surface area contributed by atoms with Gasteiger partial charge in [0.15, 0.2) is 0 Å². The van der Waals surface area contributed by atoms with Crippen molar-refractivity contribution in [3.05, 3.63) is 120 Å². The first-order valence-corrected chi connectivity index (χ1v) is 19.4. The first-order chi connectivity index (χ1) is 28.4. The topological polar surface area (TPSA) is 191 Å². The van der Waals surface area contributed by atoms with Crippen molar-refractivity contribution in [1.29, 1.82) is 0 Å². The van der Waals surface area contributed by atoms with Crippen LogP contribution in [0.1, 0.15) is 50.3 Å². The molecule has 59 heavy (non-hydrogen) atoms. The summed E-state index contributed by atoms with van der Waals surface area (Å²) in [4.78, 5) is 80.3. The van der Waals surface area contributed by atoms with Gasteiger partial charge in [0.05, 0.1) is 30.0 Å². The number of rotatable bonds is 19. The summed E-state index contributed by atoms with van der Waals surface area (Å²) in [5.74, 6) is -3.06. The molecule has 4 aromatic rings. The number of benzene rings is 1. The van der Waals surface area contributed by atoms with Gasteiger partial charge in [-0.2, -0.15) is 0 Å². The lowest BCUT2D eigenvalue weighted by Gasteiger charge is -2.44. The molecule has 0 radical (unpaired) electrons. The highest BCUT2D eigenvalue weighted by Gasteiger charge is 2.48. The SMILES string of the molecule is CC(=O)OC[C@H]1OC(OC(C)=O)[C@H](NC(=O)Cc2ccc(NC(=O)CN(CCN(Cc3ccccn3)Cc3ccccn3)Cc3ccccn3)cc2)[C@@H](OC(C)=O)[C@@H]1C. The molecule has 1 fully saturated rings. The summed E-state index contributed by atoms with van der Waals surface area (Å²) >= 11 is 0. The van der Waals surface area contributed by atoms with Crippen LogP contribution in [0.5, 0.6) is 0 Å². The molecule has 16 nitrogen and oxygen atoms in total. The van der Waals surface area contributed by atoms with E-state index in [0.717, 1.165) is 17.1 Å². The van der Waals surface area contributed by atoms with Crippen LogP contribution >= 0.6 is 0 Å². The Balaban J connectivity index is 1.21. The number of aromatic nitrogens is 3. The number of nitrogens with one attached hydrogen (secondary N) is 2. The Hall–Kier alpha value is -6.10. The highest BCUT2D eigenvalue weighted by molar-refractivity contribution is 5.92. The van der Waals surface area contributed by atoms with E-state index in [-0.39, 0.29) is 25.5 Å². The minimum Gasteiger partial charge on any atom is -0.463 e. The lowest BCUT2D eigenvalue weighted by Crippen LogP contribution is -2.63. The molecule has 1 aromatic carbocycles. The molecular formula is C43H51N7O9. The second kappa shape index (κ2) is 22.2. The van der Waals surface area contributed by atoms with Crippen molar-refractivity contribution >= 4 is 35.4 Å². The first-order valence-electron chi connectivity index (χ1n) is 19.4. The molecule has 2 N–H and O–H groups in total. The highest BCUT2D eigenvalue weighted by Crippen LogP contribution is 2.30. The van der Waals surface area contributed by atoms with Crippen molar-refractivity contribution in [2.75, 3.05) is 31.6 Å². The van der Waals surface area contributed by atoms with Crippen LogP contribution in [0.4, 0.5) is 5.69 Å². The van der Waals surface area contributed by atoms with E-state index < -0.39 is 54.3 Å². The molecule has 1 saturated heterocycles. The van der Waals surface area contributed by atoms with Gasteiger partial charge in [0.1, 0.15) is 24.9 Å². The standard InChI is InChI=1S/C43H51N7O9/c1-29-38(28-56-30(2)51)59-43(58-32(4)53)41(42(29)57-31(3)52)48-39(54)23-33-14-16-34(17-15-33)47-40(55)27-50(26-37-13-7-10-20-46-37)22-21-49(24-35-11-5-8-18-44-35)25-36-12-6-9-19-45-36/h5-20,29,38,41-43H,21-28H2,1-4H3,(H,47,55)(H,48,54)/t29-,38-,41-,42+,43?/m1/s1. The number of carbonyl (C=O) groups is 5. The second-order valence-corrected chi connectivity index (χ2v) is 14.3. The zero-order chi connectivity index (χ0) is 42.1. The predicted molar refractivity (Wildman–Crippen MR) is 215 cm³/mol. The third-order valence-electron chi connectivity index (χ3n) is 9.46. The van der Waals surface area contributed by atoms with Gasteiger partial charge >= 0.3 is 17.9 Å². The fraction of sp³-hybridized carbons (Fsp3) is 0.395. The third-order valence-corrected chi connectivity index (χ3v) is 9.46. The van der Waals surface area contributed by atoms with E-state index in [1.54, 1.807) is 49.8 Å². The minimum atomic E-state index is -1.32. The highest BCUT2D eigenvalue weighted by atomic mass is 16.7. The molecule has 3 aromatic heterocycles. The summed E-state index contributed by atoms with van der Waals surface area (Å²) < 4.78 is 22.0. The van der Waals surface area contributed by atoms with Gasteiger partial charge in [-0.25, -0.2) is 0 Å². The van der Waals surface area contributed by atoms with Crippen molar-refractivity contribution in [1.82, 2.24) is 30.1 Å². The molecule has 2 amide bonds. The summed E-state index contributed by atoms with van der Waals surface area (Å²) in [7, 11) is 0. The number of esters is 3. The predicted octanol–water partition coefficient (Wildman–Crippen LogP) is 3.46. The maximum Gasteiger partial charge on any atom is 0.305 e. The molecular weight excluding hydrogens is 759 g/mol. The van der Waals surface area contributed by atoms with Crippen LogP contribution in [-0.4, -0.2) is 105 Å². The molecule has 5 rings (SSSR count). The Labute approximate surface area is 343 Å². The molecule has 1 aliphatic heterocycles. The summed E-state index contributed by atoms with van der Waals surface area (Å²) in [6.07, 6.45) is 2.13. The summed E-state index contributed by atoms with van der Waals surface area (Å²) in [5.41, 5.74) is 3.86. The molecule has 312 valence electrons. The molecule has 4 heterocycles. The Morgan fingerprint density at radius 3 is 1.73 bits per heavy atom. The van der Waals surface area contributed by atoms with Crippen LogP contribution < -0.4 is 10.6 Å². The molecule has 0 spiro atoms. The van der Waals surface area contributed by atoms with Crippen LogP contribution in [-0.2, 0) is 69.0 Å². The monoisotopic (exact) mass is 809 g/mol. The Kier molecular flexibility index (Phi) is 16.5. The van der Waals surface area contributed by atoms with E-state index in [9.17, 15) is 24.0 Å². The van der Waals surface area contributed by atoms with E-state index in [2.05, 4.69) is 30.5 Å². The number of ether oxygens (including phenoxy) is 4. The molecule has 0 aliphatic carbocycles. The Morgan fingerprint density at radius 2 is 1.22 bits per heavy atom. The van der Waals surface area contributed by atoms with Gasteiger partial charge in [-0.15, -0.1) is 0 Å². The lowest BCUT2D eigenvalue weighted by atomic mass is 9.88. The van der Waals surface area contributed by atoms with Gasteiger partial charge in [-0.3, -0.25) is 48.7 Å². The van der Waals surface area contributed by atoms with Gasteiger partial charge in [0.2, 0.25) is 18.1 Å². The summed E-state index contributed by atoms with van der Waals surface area (Å²) in [6.45, 7) is 8.17. The molecule has 0 saturated carbocycles. The normalized spacial score (nSPS) is 18.8. The van der Waals surface area contributed by atoms with Crippen molar-refractivity contribution in [3.8, 4) is 0 Å². The van der Waals surface area contributed by atoms with E-state index >= 15 is 0 Å². The van der Waals surface area contributed by atoms with Crippen LogP contribution in [0.2, 0.25) is 0 Å². The maximum absolute atomic E-state index is 13.5. The molecule has 16 heteroatoms. The van der Waals surface area contributed by atoms with Crippen LogP contribution in [0.3, 0.4) is 0 Å². The van der Waals surface area contributed by atoms with Gasteiger partial charge in [-0.05, 0) is 54.1 Å². The van der Waals surface area contributed by atoms with E-state index in [1.165, 1.54) is 20.8 Å². The third kappa shape index (κ3) is 14.7. The van der Waals surface area contributed by atoms with Crippen LogP contribution in [0.15, 0.2) is 97.5 Å². The number of anilines is 1. The number of pyridine rings is 3. The minimum absolute atomic E-state index is 0.0824. The van der Waals surface area contributed by atoms with Crippen LogP contribution in [0, 0.1) is 5.92 Å². The average Bonchev–Trinajstić information content (AvgIpc) is 3.20. The summed E-state index contributed by atoms with van der Waals surface area (Å²) in [5, 5.41) is 5.78. The fourth-order valence-electron chi connectivity index (χ4n) is 6.66. The number of hydrogen-bond donors (Lipinski definition) is 2. The maximum atomic E-state index is 13.5. The van der Waals surface area contributed by atoms with E-state index in [4.69, 9.17) is 18.9 Å². The molecule has 1 unspecified atom stereocenters. The molecule has 0 bridgehead atoms. The van der Waals surface area contributed by atoms with Crippen molar-refractivity contribution in [2.24, 2.45) is 5.92 Å². The molecule has 1 aliphatic rings. The number of hydrogen-bond acceptors (Lipinski definition) is 14. The van der Waals surface area contributed by atoms with Crippen LogP contribution in [0.25, 0.3) is 0 Å². The second-order valence-electron chi connectivity index (χ2n) is 14.3. The van der Waals surface area contributed by atoms with Gasteiger partial charge in [-0.1, -0.05) is 37.3 Å². The quantitative estimate of drug-likeness (QED) is 0.103. The van der Waals surface area contributed by atoms with Crippen molar-refractivity contribution in [2.45, 2.75) is 78.3 Å². The first kappa shape index (κ1) is 44.0. The summed E-state index contributed by atoms with van der Waals surface area (Å²) in [6, 6.07) is 23.2. The fourth-order valence-corrected chi connectivity index (χ4v) is 6.66. The molecule has 5 atom stereocenters. The van der Waals surface area contributed by atoms with Crippen molar-refractivity contribution in [3.63, 3.8) is 0 Å².